The fourth-order valence-electron chi connectivity index (χ4n) is 6.33. The van der Waals surface area contributed by atoms with E-state index in [0.29, 0.717) is 5.92 Å². The zero-order valence-corrected chi connectivity index (χ0v) is 23.9. The summed E-state index contributed by atoms with van der Waals surface area (Å²) in [6.45, 7) is 2.24. The molecule has 0 bridgehead atoms. The zero-order valence-electron chi connectivity index (χ0n) is 23.9. The number of benzene rings is 2. The van der Waals surface area contributed by atoms with Gasteiger partial charge in [0, 0.05) is 41.8 Å². The highest BCUT2D eigenvalue weighted by molar-refractivity contribution is 6.07. The van der Waals surface area contributed by atoms with Gasteiger partial charge in [0.2, 0.25) is 0 Å². The van der Waals surface area contributed by atoms with Crippen LogP contribution in [-0.4, -0.2) is 15.0 Å². The predicted octanol–water partition coefficient (Wildman–Crippen LogP) is 8.21. The molecule has 1 atom stereocenters. The topological polar surface area (TPSA) is 38.7 Å². The molecule has 3 nitrogen and oxygen atoms in total. The van der Waals surface area contributed by atoms with Crippen LogP contribution >= 0.6 is 0 Å². The van der Waals surface area contributed by atoms with Gasteiger partial charge in [-0.2, -0.15) is 0 Å². The summed E-state index contributed by atoms with van der Waals surface area (Å²) in [6, 6.07) is 17.0. The molecule has 0 saturated heterocycles. The molecule has 204 valence electrons. The number of allylic oxidation sites excluding steroid dienone is 8. The highest BCUT2D eigenvalue weighted by atomic mass is 14.6. The molecule has 2 aliphatic rings. The fourth-order valence-corrected chi connectivity index (χ4v) is 6.33. The molecule has 0 N–H and O–H groups in total. The summed E-state index contributed by atoms with van der Waals surface area (Å²) in [4.78, 5) is 13.7. The van der Waals surface area contributed by atoms with E-state index in [2.05, 4.69) is 119 Å². The van der Waals surface area contributed by atoms with Gasteiger partial charge in [0.1, 0.15) is 0 Å². The molecule has 3 heteroatoms. The maximum Gasteiger partial charge on any atom is 0.0708 e. The third kappa shape index (κ3) is 4.81. The zero-order chi connectivity index (χ0) is 28.3. The summed E-state index contributed by atoms with van der Waals surface area (Å²) in [5.74, 6) is 0.442. The largest absolute Gasteiger partial charge is 0.265 e. The Morgan fingerprint density at radius 1 is 0.738 bits per heavy atom. The van der Waals surface area contributed by atoms with Crippen molar-refractivity contribution in [2.45, 2.75) is 32.6 Å². The van der Waals surface area contributed by atoms with Crippen LogP contribution in [0.5, 0.6) is 0 Å². The van der Waals surface area contributed by atoms with Crippen molar-refractivity contribution >= 4 is 45.0 Å². The predicted molar refractivity (Wildman–Crippen MR) is 177 cm³/mol. The van der Waals surface area contributed by atoms with Crippen LogP contribution in [0.2, 0.25) is 0 Å². The van der Waals surface area contributed by atoms with Crippen molar-refractivity contribution in [3.63, 3.8) is 0 Å². The molecule has 5 aromatic rings. The number of pyridine rings is 3. The van der Waals surface area contributed by atoms with Crippen molar-refractivity contribution in [3.8, 4) is 11.1 Å². The van der Waals surface area contributed by atoms with E-state index >= 15 is 0 Å². The molecule has 1 unspecified atom stereocenters. The molecule has 0 spiro atoms. The Balaban J connectivity index is 1.63. The molecule has 42 heavy (non-hydrogen) atoms. The Kier molecular flexibility index (Phi) is 7.15. The third-order valence-corrected chi connectivity index (χ3v) is 8.46. The van der Waals surface area contributed by atoms with Crippen molar-refractivity contribution in [1.29, 1.82) is 0 Å². The molecular weight excluding hydrogens is 510 g/mol. The molecule has 3 aromatic heterocycles. The molecular formula is C39H33N3. The maximum absolute atomic E-state index is 4.66. The fraction of sp³-hybridized carbons (Fsp3) is 0.154. The van der Waals surface area contributed by atoms with Crippen molar-refractivity contribution < 1.29 is 0 Å². The summed E-state index contributed by atoms with van der Waals surface area (Å²) in [5.41, 5.74) is 8.30. The van der Waals surface area contributed by atoms with E-state index in [4.69, 9.17) is 0 Å². The van der Waals surface area contributed by atoms with Crippen molar-refractivity contribution in [1.82, 2.24) is 15.0 Å². The van der Waals surface area contributed by atoms with Gasteiger partial charge in [-0.1, -0.05) is 67.7 Å². The molecule has 0 aliphatic heterocycles. The van der Waals surface area contributed by atoms with E-state index in [1.165, 1.54) is 49.0 Å². The number of rotatable bonds is 4. The monoisotopic (exact) mass is 543 g/mol. The number of aromatic nitrogens is 3. The standard InChI is InChI=1S/C39H33N3/c1-2-27-9-8-11-28(16-15-27)38-33-13-5-3-4-10-30(31-20-24-42-37-14-7-6-12-32(31)37)25-35(33)39(29-17-21-40-22-18-29)36-26-41-23-19-34(36)38/h6-27H,2-5H2,1H3/b30-10+,33-13+,35-25+. The molecule has 7 rings (SSSR count). The second-order valence-corrected chi connectivity index (χ2v) is 11.0. The van der Waals surface area contributed by atoms with Gasteiger partial charge in [0.25, 0.3) is 0 Å². The maximum atomic E-state index is 4.66. The van der Waals surface area contributed by atoms with Crippen LogP contribution in [0.25, 0.3) is 56.1 Å². The van der Waals surface area contributed by atoms with Crippen LogP contribution in [0.1, 0.15) is 43.7 Å². The Morgan fingerprint density at radius 2 is 1.60 bits per heavy atom. The van der Waals surface area contributed by atoms with Crippen molar-refractivity contribution in [2.75, 3.05) is 0 Å². The average Bonchev–Trinajstić information content (AvgIpc) is 3.23. The summed E-state index contributed by atoms with van der Waals surface area (Å²) in [6.07, 6.45) is 32.6. The number of hydrogen-bond donors (Lipinski definition) is 0. The van der Waals surface area contributed by atoms with Crippen LogP contribution in [-0.2, 0) is 0 Å². The lowest BCUT2D eigenvalue weighted by molar-refractivity contribution is 0.775. The molecule has 2 aromatic carbocycles. The Labute approximate surface area is 246 Å². The Bertz CT molecular complexity index is 2040. The molecule has 0 fully saturated rings. The molecule has 2 aliphatic carbocycles. The quantitative estimate of drug-likeness (QED) is 0.229. The van der Waals surface area contributed by atoms with Crippen LogP contribution in [0.4, 0.5) is 0 Å². The van der Waals surface area contributed by atoms with E-state index in [0.717, 1.165) is 42.1 Å². The van der Waals surface area contributed by atoms with Crippen LogP contribution in [0.3, 0.4) is 0 Å². The normalized spacial score (nSPS) is 19.6. The van der Waals surface area contributed by atoms with E-state index in [-0.39, 0.29) is 0 Å². The molecule has 3 heterocycles. The minimum absolute atomic E-state index is 0.442. The lowest BCUT2D eigenvalue weighted by Crippen LogP contribution is -2.31. The molecule has 0 amide bonds. The number of hydrogen-bond acceptors (Lipinski definition) is 3. The number of nitrogens with zero attached hydrogens (tertiary/aromatic N) is 3. The van der Waals surface area contributed by atoms with Crippen LogP contribution in [0.15, 0.2) is 116 Å². The van der Waals surface area contributed by atoms with E-state index in [1.807, 2.05) is 31.0 Å². The van der Waals surface area contributed by atoms with Crippen molar-refractivity contribution in [2.24, 2.45) is 5.92 Å². The van der Waals surface area contributed by atoms with Gasteiger partial charge in [0.05, 0.1) is 5.52 Å². The third-order valence-electron chi connectivity index (χ3n) is 8.46. The van der Waals surface area contributed by atoms with Gasteiger partial charge >= 0.3 is 0 Å². The van der Waals surface area contributed by atoms with Gasteiger partial charge in [-0.15, -0.1) is 0 Å². The van der Waals surface area contributed by atoms with E-state index in [1.54, 1.807) is 0 Å². The van der Waals surface area contributed by atoms with E-state index in [9.17, 15) is 0 Å². The summed E-state index contributed by atoms with van der Waals surface area (Å²) >= 11 is 0. The molecule has 0 saturated carbocycles. The highest BCUT2D eigenvalue weighted by Gasteiger charge is 2.17. The Hall–Kier alpha value is -4.89. The van der Waals surface area contributed by atoms with Gasteiger partial charge in [0.15, 0.2) is 0 Å². The van der Waals surface area contributed by atoms with E-state index < -0.39 is 0 Å². The van der Waals surface area contributed by atoms with Gasteiger partial charge < -0.3 is 0 Å². The number of para-hydroxylation sites is 1. The van der Waals surface area contributed by atoms with Crippen molar-refractivity contribution in [3.05, 3.63) is 138 Å². The smallest absolute Gasteiger partial charge is 0.0708 e. The first kappa shape index (κ1) is 26.0. The number of fused-ring (bicyclic) bond motifs is 3. The summed E-state index contributed by atoms with van der Waals surface area (Å²) in [7, 11) is 0. The highest BCUT2D eigenvalue weighted by Crippen LogP contribution is 2.32. The van der Waals surface area contributed by atoms with Crippen LogP contribution in [0, 0.1) is 5.92 Å². The first-order chi connectivity index (χ1) is 20.8. The lowest BCUT2D eigenvalue weighted by atomic mass is 9.87. The lowest BCUT2D eigenvalue weighted by Gasteiger charge is -2.16. The second kappa shape index (κ2) is 11.5. The second-order valence-electron chi connectivity index (χ2n) is 11.0. The summed E-state index contributed by atoms with van der Waals surface area (Å²) in [5, 5.41) is 6.05. The Morgan fingerprint density at radius 3 is 2.50 bits per heavy atom. The molecule has 0 radical (unpaired) electrons. The van der Waals surface area contributed by atoms with Gasteiger partial charge in [-0.3, -0.25) is 15.0 Å². The summed E-state index contributed by atoms with van der Waals surface area (Å²) < 4.78 is 0. The average molecular weight is 544 g/mol. The first-order valence-electron chi connectivity index (χ1n) is 14.9. The SMILES string of the molecule is CCC1C=CC=C(c2c3/c(c(-c4ccncc4)c4cnccc24)=C\C(c2ccnc4ccccc24)=C/CCC\C=3)C=C1. The minimum Gasteiger partial charge on any atom is -0.265 e. The van der Waals surface area contributed by atoms with Crippen LogP contribution < -0.4 is 10.4 Å². The van der Waals surface area contributed by atoms with Gasteiger partial charge in [-0.05, 0) is 117 Å². The minimum atomic E-state index is 0.442. The van der Waals surface area contributed by atoms with Gasteiger partial charge in [-0.25, -0.2) is 0 Å². The first-order valence-corrected chi connectivity index (χ1v) is 14.9.